The Bertz CT molecular complexity index is 482. The molecule has 2 nitrogen and oxygen atoms in total. The minimum absolute atomic E-state index is 0.599. The summed E-state index contributed by atoms with van der Waals surface area (Å²) in [4.78, 5) is 2.28. The molecule has 0 fully saturated rings. The molecule has 1 rings (SSSR count). The average Bonchev–Trinajstić information content (AvgIpc) is 2.56. The monoisotopic (exact) mass is 388 g/mol. The Morgan fingerprint density at radius 2 is 1.54 bits per heavy atom. The Morgan fingerprint density at radius 1 is 0.958 bits per heavy atom. The van der Waals surface area contributed by atoms with E-state index in [0.29, 0.717) is 10.0 Å². The van der Waals surface area contributed by atoms with Crippen LogP contribution in [0.3, 0.4) is 0 Å². The van der Waals surface area contributed by atoms with Gasteiger partial charge in [0.1, 0.15) is 0 Å². The van der Waals surface area contributed by atoms with Crippen LogP contribution in [0, 0.1) is 0 Å². The van der Waals surface area contributed by atoms with Crippen molar-refractivity contribution in [2.45, 2.75) is 65.2 Å². The first-order valence-electron chi connectivity index (χ1n) is 9.09. The molecular formula is C19H30Cl2N2S. The van der Waals surface area contributed by atoms with Crippen LogP contribution in [0.15, 0.2) is 18.2 Å². The molecule has 0 aliphatic carbocycles. The van der Waals surface area contributed by atoms with Crippen molar-refractivity contribution in [1.82, 2.24) is 4.90 Å². The molecule has 0 aliphatic rings. The summed E-state index contributed by atoms with van der Waals surface area (Å²) >= 11 is 17.8. The van der Waals surface area contributed by atoms with Gasteiger partial charge in [0.2, 0.25) is 0 Å². The minimum Gasteiger partial charge on any atom is -0.349 e. The van der Waals surface area contributed by atoms with Gasteiger partial charge in [-0.2, -0.15) is 0 Å². The lowest BCUT2D eigenvalue weighted by atomic mass is 10.2. The van der Waals surface area contributed by atoms with Crippen molar-refractivity contribution in [3.8, 4) is 0 Å². The number of hydrogen-bond donors (Lipinski definition) is 1. The number of anilines is 1. The molecule has 5 heteroatoms. The average molecular weight is 389 g/mol. The summed E-state index contributed by atoms with van der Waals surface area (Å²) in [5.74, 6) is 0. The van der Waals surface area contributed by atoms with Crippen LogP contribution in [-0.4, -0.2) is 23.1 Å². The summed E-state index contributed by atoms with van der Waals surface area (Å²) in [5.41, 5.74) is 0.818. The topological polar surface area (TPSA) is 15.3 Å². The minimum atomic E-state index is 0.599. The Balaban J connectivity index is 2.59. The van der Waals surface area contributed by atoms with E-state index in [-0.39, 0.29) is 0 Å². The highest BCUT2D eigenvalue weighted by Crippen LogP contribution is 2.25. The Hall–Kier alpha value is -0.510. The molecule has 0 amide bonds. The summed E-state index contributed by atoms with van der Waals surface area (Å²) in [7, 11) is 0. The number of nitrogens with zero attached hydrogens (tertiary/aromatic N) is 1. The second-order valence-electron chi connectivity index (χ2n) is 6.16. The lowest BCUT2D eigenvalue weighted by molar-refractivity contribution is 0.391. The zero-order valence-electron chi connectivity index (χ0n) is 14.9. The first-order valence-corrected chi connectivity index (χ1v) is 10.3. The number of rotatable bonds is 11. The molecule has 0 saturated carbocycles. The predicted octanol–water partition coefficient (Wildman–Crippen LogP) is 7.15. The molecule has 0 bridgehead atoms. The zero-order chi connectivity index (χ0) is 17.8. The van der Waals surface area contributed by atoms with Crippen molar-refractivity contribution < 1.29 is 0 Å². The molecule has 136 valence electrons. The molecule has 1 aromatic carbocycles. The van der Waals surface area contributed by atoms with Crippen LogP contribution in [0.5, 0.6) is 0 Å². The lowest BCUT2D eigenvalue weighted by Crippen LogP contribution is -2.36. The van der Waals surface area contributed by atoms with E-state index in [0.717, 1.165) is 23.9 Å². The zero-order valence-corrected chi connectivity index (χ0v) is 17.2. The quantitative estimate of drug-likeness (QED) is 0.319. The van der Waals surface area contributed by atoms with Crippen LogP contribution in [0.25, 0.3) is 0 Å². The molecule has 0 atom stereocenters. The van der Waals surface area contributed by atoms with E-state index in [1.165, 1.54) is 51.4 Å². The highest BCUT2D eigenvalue weighted by atomic mass is 35.5. The Labute approximate surface area is 162 Å². The molecule has 1 N–H and O–H groups in total. The van der Waals surface area contributed by atoms with Crippen molar-refractivity contribution in [3.63, 3.8) is 0 Å². The number of benzene rings is 1. The van der Waals surface area contributed by atoms with E-state index >= 15 is 0 Å². The molecule has 0 heterocycles. The first-order chi connectivity index (χ1) is 11.6. The van der Waals surface area contributed by atoms with Gasteiger partial charge in [0.15, 0.2) is 5.11 Å². The van der Waals surface area contributed by atoms with Gasteiger partial charge in [-0.3, -0.25) is 0 Å². The number of thiocarbonyl (C=S) groups is 1. The van der Waals surface area contributed by atoms with Crippen LogP contribution in [0.1, 0.15) is 65.2 Å². The summed E-state index contributed by atoms with van der Waals surface area (Å²) in [6.07, 6.45) is 9.94. The van der Waals surface area contributed by atoms with Crippen LogP contribution >= 0.6 is 35.4 Å². The standard InChI is InChI=1S/C19H30Cl2N2S/c1-3-5-7-9-13-23(14-10-8-6-4-2)19(24)22-18-12-11-16(20)15-17(18)21/h11-12,15H,3-10,13-14H2,1-2H3,(H,22,24). The molecule has 1 aromatic rings. The van der Waals surface area contributed by atoms with E-state index in [1.807, 2.05) is 12.1 Å². The fraction of sp³-hybridized carbons (Fsp3) is 0.632. The van der Waals surface area contributed by atoms with E-state index < -0.39 is 0 Å². The Kier molecular flexibility index (Phi) is 11.5. The van der Waals surface area contributed by atoms with Crippen molar-refractivity contribution in [3.05, 3.63) is 28.2 Å². The van der Waals surface area contributed by atoms with Crippen molar-refractivity contribution in [2.75, 3.05) is 18.4 Å². The molecule has 0 unspecified atom stereocenters. The fourth-order valence-corrected chi connectivity index (χ4v) is 3.31. The van der Waals surface area contributed by atoms with Gasteiger partial charge in [0, 0.05) is 18.1 Å². The van der Waals surface area contributed by atoms with Gasteiger partial charge >= 0.3 is 0 Å². The highest BCUT2D eigenvalue weighted by molar-refractivity contribution is 7.80. The largest absolute Gasteiger partial charge is 0.349 e. The SMILES string of the molecule is CCCCCCN(CCCCCC)C(=S)Nc1ccc(Cl)cc1Cl. The summed E-state index contributed by atoms with van der Waals surface area (Å²) < 4.78 is 0. The third-order valence-electron chi connectivity index (χ3n) is 4.02. The second-order valence-corrected chi connectivity index (χ2v) is 7.39. The van der Waals surface area contributed by atoms with Crippen molar-refractivity contribution >= 4 is 46.2 Å². The van der Waals surface area contributed by atoms with Crippen LogP contribution < -0.4 is 5.32 Å². The van der Waals surface area contributed by atoms with Gasteiger partial charge in [0.25, 0.3) is 0 Å². The van der Waals surface area contributed by atoms with E-state index in [2.05, 4.69) is 24.1 Å². The molecule has 0 saturated heterocycles. The summed E-state index contributed by atoms with van der Waals surface area (Å²) in [5, 5.41) is 5.27. The molecule has 24 heavy (non-hydrogen) atoms. The smallest absolute Gasteiger partial charge is 0.173 e. The predicted molar refractivity (Wildman–Crippen MR) is 113 cm³/mol. The summed E-state index contributed by atoms with van der Waals surface area (Å²) in [6, 6.07) is 5.44. The second kappa shape index (κ2) is 12.8. The molecule has 0 aliphatic heterocycles. The van der Waals surface area contributed by atoms with Gasteiger partial charge in [-0.15, -0.1) is 0 Å². The number of unbranched alkanes of at least 4 members (excludes halogenated alkanes) is 6. The normalized spacial score (nSPS) is 10.7. The molecule has 0 spiro atoms. The van der Waals surface area contributed by atoms with Crippen molar-refractivity contribution in [2.24, 2.45) is 0 Å². The van der Waals surface area contributed by atoms with E-state index in [9.17, 15) is 0 Å². The fourth-order valence-electron chi connectivity index (χ4n) is 2.56. The number of hydrogen-bond acceptors (Lipinski definition) is 1. The molecule has 0 radical (unpaired) electrons. The van der Waals surface area contributed by atoms with Crippen LogP contribution in [0.2, 0.25) is 10.0 Å². The van der Waals surface area contributed by atoms with Gasteiger partial charge in [-0.05, 0) is 43.3 Å². The maximum atomic E-state index is 6.24. The van der Waals surface area contributed by atoms with E-state index in [1.54, 1.807) is 6.07 Å². The van der Waals surface area contributed by atoms with Gasteiger partial charge in [0.05, 0.1) is 10.7 Å². The third-order valence-corrected chi connectivity index (χ3v) is 4.93. The first kappa shape index (κ1) is 21.5. The number of halogens is 2. The molecule has 0 aromatic heterocycles. The molecular weight excluding hydrogens is 359 g/mol. The summed E-state index contributed by atoms with van der Waals surface area (Å²) in [6.45, 7) is 6.47. The van der Waals surface area contributed by atoms with Crippen molar-refractivity contribution in [1.29, 1.82) is 0 Å². The van der Waals surface area contributed by atoms with Gasteiger partial charge in [-0.1, -0.05) is 75.6 Å². The maximum Gasteiger partial charge on any atom is 0.173 e. The van der Waals surface area contributed by atoms with E-state index in [4.69, 9.17) is 35.4 Å². The highest BCUT2D eigenvalue weighted by Gasteiger charge is 2.11. The third kappa shape index (κ3) is 8.55. The Morgan fingerprint density at radius 3 is 2.04 bits per heavy atom. The van der Waals surface area contributed by atoms with Crippen LogP contribution in [0.4, 0.5) is 5.69 Å². The lowest BCUT2D eigenvalue weighted by Gasteiger charge is -2.26. The van der Waals surface area contributed by atoms with Gasteiger partial charge in [-0.25, -0.2) is 0 Å². The van der Waals surface area contributed by atoms with Gasteiger partial charge < -0.3 is 10.2 Å². The van der Waals surface area contributed by atoms with Crippen LogP contribution in [-0.2, 0) is 0 Å². The number of nitrogens with one attached hydrogen (secondary N) is 1. The maximum absolute atomic E-state index is 6.24.